The van der Waals surface area contributed by atoms with Crippen LogP contribution in [0.5, 0.6) is 0 Å². The van der Waals surface area contributed by atoms with Gasteiger partial charge in [0, 0.05) is 19.2 Å². The van der Waals surface area contributed by atoms with Crippen molar-refractivity contribution in [3.05, 3.63) is 76.4 Å². The first-order valence-corrected chi connectivity index (χ1v) is 8.83. The molecule has 1 heterocycles. The lowest BCUT2D eigenvalue weighted by Crippen LogP contribution is -2.36. The van der Waals surface area contributed by atoms with Crippen molar-refractivity contribution in [2.24, 2.45) is 4.99 Å². The van der Waals surface area contributed by atoms with E-state index in [4.69, 9.17) is 16.0 Å². The van der Waals surface area contributed by atoms with E-state index >= 15 is 0 Å². The maximum absolute atomic E-state index is 13.2. The zero-order valence-corrected chi connectivity index (χ0v) is 18.6. The second-order valence-corrected chi connectivity index (χ2v) is 6.45. The fraction of sp³-hybridized carbons (Fsp3) is 0.200. The van der Waals surface area contributed by atoms with Gasteiger partial charge in [0.15, 0.2) is 5.96 Å². The van der Waals surface area contributed by atoms with Crippen molar-refractivity contribution in [2.75, 3.05) is 7.05 Å². The van der Waals surface area contributed by atoms with Crippen LogP contribution in [0, 0.1) is 12.7 Å². The van der Waals surface area contributed by atoms with Gasteiger partial charge in [-0.3, -0.25) is 4.99 Å². The SMILES string of the molecule is CN=C(NCc1ccc(F)c(Cl)c1)NCc1coc(-c2ccc(C)cc2)n1.I. The van der Waals surface area contributed by atoms with Gasteiger partial charge >= 0.3 is 0 Å². The molecule has 0 aliphatic carbocycles. The number of aromatic nitrogens is 1. The summed E-state index contributed by atoms with van der Waals surface area (Å²) < 4.78 is 18.8. The summed E-state index contributed by atoms with van der Waals surface area (Å²) in [5, 5.41) is 6.41. The molecule has 3 rings (SSSR count). The summed E-state index contributed by atoms with van der Waals surface area (Å²) in [6.45, 7) is 2.96. The van der Waals surface area contributed by atoms with E-state index in [1.54, 1.807) is 25.4 Å². The van der Waals surface area contributed by atoms with Crippen LogP contribution in [0.1, 0.15) is 16.8 Å². The lowest BCUT2D eigenvalue weighted by molar-refractivity contribution is 0.572. The van der Waals surface area contributed by atoms with Crippen LogP contribution >= 0.6 is 35.6 Å². The summed E-state index contributed by atoms with van der Waals surface area (Å²) in [5.74, 6) is 0.740. The lowest BCUT2D eigenvalue weighted by Gasteiger charge is -2.11. The lowest BCUT2D eigenvalue weighted by atomic mass is 10.1. The van der Waals surface area contributed by atoms with E-state index in [-0.39, 0.29) is 29.0 Å². The Morgan fingerprint density at radius 2 is 1.86 bits per heavy atom. The van der Waals surface area contributed by atoms with E-state index in [1.165, 1.54) is 11.6 Å². The van der Waals surface area contributed by atoms with Crippen molar-refractivity contribution >= 4 is 41.5 Å². The fourth-order valence-electron chi connectivity index (χ4n) is 2.45. The number of aryl methyl sites for hydroxylation is 1. The first-order chi connectivity index (χ1) is 13.0. The molecule has 1 aromatic heterocycles. The van der Waals surface area contributed by atoms with Gasteiger partial charge in [-0.2, -0.15) is 0 Å². The molecular formula is C20H21ClFIN4O. The smallest absolute Gasteiger partial charge is 0.226 e. The molecule has 0 fully saturated rings. The van der Waals surface area contributed by atoms with Crippen LogP contribution in [0.25, 0.3) is 11.5 Å². The summed E-state index contributed by atoms with van der Waals surface area (Å²) in [6.07, 6.45) is 1.62. The summed E-state index contributed by atoms with van der Waals surface area (Å²) in [4.78, 5) is 8.65. The molecule has 148 valence electrons. The van der Waals surface area contributed by atoms with Gasteiger partial charge in [0.05, 0.1) is 17.3 Å². The van der Waals surface area contributed by atoms with Crippen molar-refractivity contribution in [3.8, 4) is 11.5 Å². The maximum atomic E-state index is 13.2. The summed E-state index contributed by atoms with van der Waals surface area (Å²) in [5.41, 5.74) is 3.73. The van der Waals surface area contributed by atoms with Crippen LogP contribution < -0.4 is 10.6 Å². The molecule has 0 spiro atoms. The highest BCUT2D eigenvalue weighted by atomic mass is 127. The number of aliphatic imine (C=N–C) groups is 1. The predicted molar refractivity (Wildman–Crippen MR) is 121 cm³/mol. The van der Waals surface area contributed by atoms with Crippen LogP contribution in [0.4, 0.5) is 4.39 Å². The molecule has 0 saturated carbocycles. The van der Waals surface area contributed by atoms with Crippen LogP contribution in [0.15, 0.2) is 58.1 Å². The Morgan fingerprint density at radius 1 is 1.14 bits per heavy atom. The Bertz CT molecular complexity index is 944. The zero-order chi connectivity index (χ0) is 19.2. The second kappa shape index (κ2) is 10.4. The monoisotopic (exact) mass is 514 g/mol. The molecule has 0 atom stereocenters. The van der Waals surface area contributed by atoms with E-state index in [2.05, 4.69) is 20.6 Å². The average Bonchev–Trinajstić information content (AvgIpc) is 3.14. The van der Waals surface area contributed by atoms with Crippen molar-refractivity contribution in [1.82, 2.24) is 15.6 Å². The number of rotatable bonds is 5. The van der Waals surface area contributed by atoms with Gasteiger partial charge in [-0.1, -0.05) is 35.4 Å². The average molecular weight is 515 g/mol. The molecule has 5 nitrogen and oxygen atoms in total. The maximum Gasteiger partial charge on any atom is 0.226 e. The molecule has 0 amide bonds. The molecule has 0 aliphatic heterocycles. The standard InChI is InChI=1S/C20H20ClFN4O.HI/c1-13-3-6-15(7-4-13)19-26-16(12-27-19)11-25-20(23-2)24-10-14-5-8-18(22)17(21)9-14;/h3-9,12H,10-11H2,1-2H3,(H2,23,24,25);1H. The minimum atomic E-state index is -0.432. The quantitative estimate of drug-likeness (QED) is 0.288. The Morgan fingerprint density at radius 3 is 2.54 bits per heavy atom. The summed E-state index contributed by atoms with van der Waals surface area (Å²) >= 11 is 5.80. The van der Waals surface area contributed by atoms with E-state index in [9.17, 15) is 4.39 Å². The predicted octanol–water partition coefficient (Wildman–Crippen LogP) is 4.93. The van der Waals surface area contributed by atoms with Gasteiger partial charge in [-0.15, -0.1) is 24.0 Å². The molecule has 2 aromatic carbocycles. The van der Waals surface area contributed by atoms with Gasteiger partial charge < -0.3 is 15.1 Å². The number of halogens is 3. The van der Waals surface area contributed by atoms with E-state index in [0.29, 0.717) is 24.9 Å². The van der Waals surface area contributed by atoms with Crippen LogP contribution in [0.2, 0.25) is 5.02 Å². The second-order valence-electron chi connectivity index (χ2n) is 6.04. The van der Waals surface area contributed by atoms with Crippen molar-refractivity contribution in [3.63, 3.8) is 0 Å². The molecule has 8 heteroatoms. The van der Waals surface area contributed by atoms with Gasteiger partial charge in [0.25, 0.3) is 0 Å². The number of nitrogens with zero attached hydrogens (tertiary/aromatic N) is 2. The third-order valence-electron chi connectivity index (χ3n) is 3.95. The largest absolute Gasteiger partial charge is 0.444 e. The van der Waals surface area contributed by atoms with E-state index in [0.717, 1.165) is 16.8 Å². The molecule has 0 unspecified atom stereocenters. The normalized spacial score (nSPS) is 11.1. The van der Waals surface area contributed by atoms with Gasteiger partial charge in [-0.05, 0) is 36.8 Å². The number of nitrogens with one attached hydrogen (secondary N) is 2. The summed E-state index contributed by atoms with van der Waals surface area (Å²) in [7, 11) is 1.67. The number of benzene rings is 2. The number of hydrogen-bond donors (Lipinski definition) is 2. The van der Waals surface area contributed by atoms with E-state index < -0.39 is 5.82 Å². The van der Waals surface area contributed by atoms with Crippen LogP contribution in [-0.4, -0.2) is 18.0 Å². The van der Waals surface area contributed by atoms with Gasteiger partial charge in [0.1, 0.15) is 12.1 Å². The van der Waals surface area contributed by atoms with E-state index in [1.807, 2.05) is 31.2 Å². The molecule has 28 heavy (non-hydrogen) atoms. The topological polar surface area (TPSA) is 62.5 Å². The third-order valence-corrected chi connectivity index (χ3v) is 4.24. The minimum absolute atomic E-state index is 0. The Hall–Kier alpha value is -2.13. The van der Waals surface area contributed by atoms with Crippen LogP contribution in [0.3, 0.4) is 0 Å². The highest BCUT2D eigenvalue weighted by Gasteiger charge is 2.08. The Balaban J connectivity index is 0.00000280. The zero-order valence-electron chi connectivity index (χ0n) is 15.5. The molecule has 2 N–H and O–H groups in total. The Labute approximate surface area is 185 Å². The molecule has 0 aliphatic rings. The first-order valence-electron chi connectivity index (χ1n) is 8.45. The summed E-state index contributed by atoms with van der Waals surface area (Å²) in [6, 6.07) is 12.6. The minimum Gasteiger partial charge on any atom is -0.444 e. The molecule has 0 saturated heterocycles. The highest BCUT2D eigenvalue weighted by molar-refractivity contribution is 14.0. The highest BCUT2D eigenvalue weighted by Crippen LogP contribution is 2.19. The third kappa shape index (κ3) is 5.93. The first kappa shape index (κ1) is 22.2. The van der Waals surface area contributed by atoms with Crippen molar-refractivity contribution in [2.45, 2.75) is 20.0 Å². The van der Waals surface area contributed by atoms with Crippen LogP contribution in [-0.2, 0) is 13.1 Å². The van der Waals surface area contributed by atoms with Gasteiger partial charge in [-0.25, -0.2) is 9.37 Å². The number of oxazole rings is 1. The fourth-order valence-corrected chi connectivity index (χ4v) is 2.65. The number of hydrogen-bond acceptors (Lipinski definition) is 3. The van der Waals surface area contributed by atoms with Crippen molar-refractivity contribution in [1.29, 1.82) is 0 Å². The molecule has 0 bridgehead atoms. The van der Waals surface area contributed by atoms with Gasteiger partial charge in [0.2, 0.25) is 5.89 Å². The molecular weight excluding hydrogens is 494 g/mol. The number of guanidine groups is 1. The Kier molecular flexibility index (Phi) is 8.25. The molecule has 3 aromatic rings. The van der Waals surface area contributed by atoms with Crippen molar-refractivity contribution < 1.29 is 8.81 Å². The molecule has 0 radical (unpaired) electrons.